The Morgan fingerprint density at radius 1 is 1.03 bits per heavy atom. The van der Waals surface area contributed by atoms with Crippen LogP contribution in [0.25, 0.3) is 0 Å². The lowest BCUT2D eigenvalue weighted by molar-refractivity contribution is -0.231. The molecule has 7 heteroatoms. The first kappa shape index (κ1) is 22.0. The van der Waals surface area contributed by atoms with Gasteiger partial charge in [-0.1, -0.05) is 42.8 Å². The van der Waals surface area contributed by atoms with E-state index < -0.39 is 37.1 Å². The summed E-state index contributed by atoms with van der Waals surface area (Å²) in [4.78, 5) is 0. The van der Waals surface area contributed by atoms with Gasteiger partial charge in [0.25, 0.3) is 0 Å². The highest BCUT2D eigenvalue weighted by Crippen LogP contribution is 2.37. The molecule has 1 aliphatic rings. The molecule has 158 valence electrons. The third-order valence-electron chi connectivity index (χ3n) is 5.40. The second-order valence-electron chi connectivity index (χ2n) is 7.25. The molecule has 2 aromatic rings. The molecule has 1 saturated heterocycles. The van der Waals surface area contributed by atoms with Crippen LogP contribution in [0.1, 0.15) is 42.6 Å². The molecular formula is C22H27ClO6. The topological polar surface area (TPSA) is 99.4 Å². The molecule has 6 nitrogen and oxygen atoms in total. The molecule has 0 spiro atoms. The van der Waals surface area contributed by atoms with Crippen molar-refractivity contribution in [3.05, 3.63) is 64.2 Å². The summed E-state index contributed by atoms with van der Waals surface area (Å²) in [5.41, 5.74) is 2.49. The molecule has 0 bridgehead atoms. The number of aliphatic hydroxyl groups is 4. The highest BCUT2D eigenvalue weighted by molar-refractivity contribution is 6.31. The maximum atomic E-state index is 10.4. The van der Waals surface area contributed by atoms with Crippen LogP contribution in [-0.4, -0.2) is 58.1 Å². The molecule has 0 aromatic heterocycles. The van der Waals surface area contributed by atoms with Crippen LogP contribution in [0, 0.1) is 0 Å². The van der Waals surface area contributed by atoms with Gasteiger partial charge in [-0.2, -0.15) is 0 Å². The monoisotopic (exact) mass is 422 g/mol. The van der Waals surface area contributed by atoms with E-state index in [1.54, 1.807) is 12.1 Å². The van der Waals surface area contributed by atoms with Crippen molar-refractivity contribution in [2.24, 2.45) is 0 Å². The smallest absolute Gasteiger partial charge is 0.119 e. The fourth-order valence-electron chi connectivity index (χ4n) is 3.65. The van der Waals surface area contributed by atoms with Crippen molar-refractivity contribution >= 4 is 11.6 Å². The van der Waals surface area contributed by atoms with Crippen molar-refractivity contribution in [3.63, 3.8) is 0 Å². The highest BCUT2D eigenvalue weighted by atomic mass is 35.5. The number of aliphatic hydroxyl groups excluding tert-OH is 4. The van der Waals surface area contributed by atoms with Gasteiger partial charge in [0.05, 0.1) is 13.2 Å². The molecular weight excluding hydrogens is 396 g/mol. The number of hydrogen-bond acceptors (Lipinski definition) is 6. The standard InChI is InChI=1S/C22H27ClO6/c1-3-28-15-7-4-13(5-8-15)12(2)16-10-14(6-9-17(16)23)22-21(27)20(26)19(25)18(11-24)29-22/h4-10,12,18-22,24-27H,3,11H2,1-2H3. The SMILES string of the molecule is CCOc1ccc(C(C)c2cc(C3OC(CO)C(O)C(O)C3O)ccc2Cl)cc1. The predicted octanol–water partition coefficient (Wildman–Crippen LogP) is 2.41. The third-order valence-corrected chi connectivity index (χ3v) is 5.74. The van der Waals surface area contributed by atoms with Crippen LogP contribution < -0.4 is 4.74 Å². The molecule has 0 saturated carbocycles. The zero-order valence-corrected chi connectivity index (χ0v) is 17.2. The van der Waals surface area contributed by atoms with E-state index in [4.69, 9.17) is 21.1 Å². The van der Waals surface area contributed by atoms with Crippen molar-refractivity contribution in [2.75, 3.05) is 13.2 Å². The molecule has 6 unspecified atom stereocenters. The quantitative estimate of drug-likeness (QED) is 0.570. The highest BCUT2D eigenvalue weighted by Gasteiger charge is 2.44. The van der Waals surface area contributed by atoms with Crippen molar-refractivity contribution in [2.45, 2.75) is 50.3 Å². The maximum Gasteiger partial charge on any atom is 0.119 e. The molecule has 1 heterocycles. The zero-order chi connectivity index (χ0) is 21.1. The summed E-state index contributed by atoms with van der Waals surface area (Å²) in [6.45, 7) is 4.08. The largest absolute Gasteiger partial charge is 0.494 e. The van der Waals surface area contributed by atoms with Crippen molar-refractivity contribution in [1.82, 2.24) is 0 Å². The lowest BCUT2D eigenvalue weighted by Crippen LogP contribution is -2.55. The van der Waals surface area contributed by atoms with E-state index in [1.807, 2.05) is 44.2 Å². The van der Waals surface area contributed by atoms with Gasteiger partial charge in [0.15, 0.2) is 0 Å². The van der Waals surface area contributed by atoms with E-state index in [2.05, 4.69) is 0 Å². The molecule has 3 rings (SSSR count). The molecule has 1 aliphatic heterocycles. The summed E-state index contributed by atoms with van der Waals surface area (Å²) in [6, 6.07) is 13.0. The number of hydrogen-bond donors (Lipinski definition) is 4. The van der Waals surface area contributed by atoms with E-state index in [-0.39, 0.29) is 5.92 Å². The van der Waals surface area contributed by atoms with Gasteiger partial charge in [0.2, 0.25) is 0 Å². The lowest BCUT2D eigenvalue weighted by Gasteiger charge is -2.40. The minimum atomic E-state index is -1.42. The molecule has 0 radical (unpaired) electrons. The number of rotatable bonds is 6. The predicted molar refractivity (Wildman–Crippen MR) is 109 cm³/mol. The van der Waals surface area contributed by atoms with E-state index in [0.717, 1.165) is 16.9 Å². The van der Waals surface area contributed by atoms with Crippen molar-refractivity contribution in [3.8, 4) is 5.75 Å². The molecule has 0 aliphatic carbocycles. The molecule has 4 N–H and O–H groups in total. The van der Waals surface area contributed by atoms with Crippen LogP contribution in [0.5, 0.6) is 5.75 Å². The summed E-state index contributed by atoms with van der Waals surface area (Å²) in [6.07, 6.45) is -5.99. The van der Waals surface area contributed by atoms with Crippen molar-refractivity contribution in [1.29, 1.82) is 0 Å². The second kappa shape index (κ2) is 9.43. The van der Waals surface area contributed by atoms with Crippen molar-refractivity contribution < 1.29 is 29.9 Å². The van der Waals surface area contributed by atoms with Crippen LogP contribution >= 0.6 is 11.6 Å². The molecule has 29 heavy (non-hydrogen) atoms. The third kappa shape index (κ3) is 4.58. The Bertz CT molecular complexity index is 809. The first-order valence-electron chi connectivity index (χ1n) is 9.70. The van der Waals surface area contributed by atoms with Gasteiger partial charge < -0.3 is 29.9 Å². The van der Waals surface area contributed by atoms with Crippen LogP contribution in [0.4, 0.5) is 0 Å². The maximum absolute atomic E-state index is 10.4. The van der Waals surface area contributed by atoms with Crippen LogP contribution in [-0.2, 0) is 4.74 Å². The molecule has 0 amide bonds. The number of benzene rings is 2. The van der Waals surface area contributed by atoms with Gasteiger partial charge in [-0.25, -0.2) is 0 Å². The Morgan fingerprint density at radius 3 is 2.34 bits per heavy atom. The van der Waals surface area contributed by atoms with Gasteiger partial charge in [0.1, 0.15) is 36.3 Å². The summed E-state index contributed by atoms with van der Waals surface area (Å²) < 4.78 is 11.2. The summed E-state index contributed by atoms with van der Waals surface area (Å²) in [5, 5.41) is 40.5. The minimum Gasteiger partial charge on any atom is -0.494 e. The Balaban J connectivity index is 1.89. The lowest BCUT2D eigenvalue weighted by atomic mass is 9.87. The average molecular weight is 423 g/mol. The normalized spacial score (nSPS) is 28.2. The molecule has 6 atom stereocenters. The summed E-state index contributed by atoms with van der Waals surface area (Å²) in [5.74, 6) is 0.757. The van der Waals surface area contributed by atoms with Crippen LogP contribution in [0.2, 0.25) is 5.02 Å². The van der Waals surface area contributed by atoms with E-state index in [1.165, 1.54) is 0 Å². The average Bonchev–Trinajstić information content (AvgIpc) is 2.73. The molecule has 1 fully saturated rings. The van der Waals surface area contributed by atoms with E-state index in [9.17, 15) is 20.4 Å². The Hall–Kier alpha value is -1.67. The van der Waals surface area contributed by atoms with Crippen LogP contribution in [0.3, 0.4) is 0 Å². The summed E-state index contributed by atoms with van der Waals surface area (Å²) >= 11 is 6.45. The number of ether oxygens (including phenoxy) is 2. The fraction of sp³-hybridized carbons (Fsp3) is 0.455. The first-order valence-corrected chi connectivity index (χ1v) is 10.1. The van der Waals surface area contributed by atoms with Gasteiger partial charge in [-0.3, -0.25) is 0 Å². The van der Waals surface area contributed by atoms with E-state index >= 15 is 0 Å². The fourth-order valence-corrected chi connectivity index (χ4v) is 3.93. The van der Waals surface area contributed by atoms with Gasteiger partial charge in [-0.15, -0.1) is 0 Å². The van der Waals surface area contributed by atoms with E-state index in [0.29, 0.717) is 17.2 Å². The zero-order valence-electron chi connectivity index (χ0n) is 16.4. The van der Waals surface area contributed by atoms with Gasteiger partial charge in [0, 0.05) is 10.9 Å². The van der Waals surface area contributed by atoms with Crippen LogP contribution in [0.15, 0.2) is 42.5 Å². The Labute approximate surface area is 175 Å². The second-order valence-corrected chi connectivity index (χ2v) is 7.66. The minimum absolute atomic E-state index is 0.0389. The Morgan fingerprint density at radius 2 is 1.72 bits per heavy atom. The Kier molecular flexibility index (Phi) is 7.16. The molecule has 2 aromatic carbocycles. The van der Waals surface area contributed by atoms with Gasteiger partial charge >= 0.3 is 0 Å². The van der Waals surface area contributed by atoms with Gasteiger partial charge in [-0.05, 0) is 41.8 Å². The summed E-state index contributed by atoms with van der Waals surface area (Å²) in [7, 11) is 0. The number of halogens is 1. The first-order chi connectivity index (χ1) is 13.9.